The fourth-order valence-corrected chi connectivity index (χ4v) is 2.36. The quantitative estimate of drug-likeness (QED) is 0.217. The summed E-state index contributed by atoms with van der Waals surface area (Å²) in [6, 6.07) is 0. The first-order valence-corrected chi connectivity index (χ1v) is 9.03. The minimum absolute atomic E-state index is 0. The van der Waals surface area contributed by atoms with Crippen molar-refractivity contribution in [2.45, 2.75) is 25.7 Å². The van der Waals surface area contributed by atoms with E-state index in [1.807, 2.05) is 0 Å². The molecule has 7 nitrogen and oxygen atoms in total. The highest BCUT2D eigenvalue weighted by Crippen LogP contribution is 2.28. The Morgan fingerprint density at radius 2 is 2.04 bits per heavy atom. The Bertz CT molecular complexity index is 411. The number of guanidine groups is 1. The molecule has 2 aliphatic rings. The number of carbonyl (C=O) groups is 1. The van der Waals surface area contributed by atoms with Crippen molar-refractivity contribution in [3.8, 4) is 0 Å². The third-order valence-electron chi connectivity index (χ3n) is 4.26. The number of likely N-dealkylation sites (N-methyl/N-ethyl adjacent to an activating group) is 1. The van der Waals surface area contributed by atoms with Crippen LogP contribution in [-0.2, 0) is 14.3 Å². The van der Waals surface area contributed by atoms with Crippen LogP contribution in [0.3, 0.4) is 0 Å². The SMILES string of the molecule is CN(C)C(=O)CN=C(NCCCOCC1CC1)NCC1CCOC1.I. The monoisotopic (exact) mass is 468 g/mol. The zero-order valence-corrected chi connectivity index (χ0v) is 17.8. The minimum Gasteiger partial charge on any atom is -0.381 e. The standard InChI is InChI=1S/C17H32N4O3.HI/c1-21(2)16(22)11-20-17(19-10-15-6-9-24-13-15)18-7-3-8-23-12-14-4-5-14;/h14-15H,3-13H2,1-2H3,(H2,18,19,20);1H. The second kappa shape index (κ2) is 12.7. The van der Waals surface area contributed by atoms with Crippen LogP contribution in [0.15, 0.2) is 4.99 Å². The van der Waals surface area contributed by atoms with E-state index in [4.69, 9.17) is 9.47 Å². The van der Waals surface area contributed by atoms with Gasteiger partial charge in [0, 0.05) is 52.9 Å². The van der Waals surface area contributed by atoms with E-state index in [2.05, 4.69) is 15.6 Å². The summed E-state index contributed by atoms with van der Waals surface area (Å²) in [5.74, 6) is 2.01. The van der Waals surface area contributed by atoms with Crippen molar-refractivity contribution in [3.63, 3.8) is 0 Å². The summed E-state index contributed by atoms with van der Waals surface area (Å²) in [5.41, 5.74) is 0. The first-order chi connectivity index (χ1) is 11.6. The van der Waals surface area contributed by atoms with Crippen molar-refractivity contribution in [1.82, 2.24) is 15.5 Å². The Morgan fingerprint density at radius 3 is 2.68 bits per heavy atom. The maximum atomic E-state index is 11.7. The lowest BCUT2D eigenvalue weighted by Crippen LogP contribution is -2.41. The molecule has 25 heavy (non-hydrogen) atoms. The number of aliphatic imine (C=N–C) groups is 1. The summed E-state index contributed by atoms with van der Waals surface area (Å²) in [7, 11) is 3.48. The fourth-order valence-electron chi connectivity index (χ4n) is 2.36. The molecule has 1 atom stereocenters. The van der Waals surface area contributed by atoms with Crippen LogP contribution in [0.1, 0.15) is 25.7 Å². The molecule has 0 spiro atoms. The number of nitrogens with zero attached hydrogens (tertiary/aromatic N) is 2. The predicted octanol–water partition coefficient (Wildman–Crippen LogP) is 1.08. The van der Waals surface area contributed by atoms with Gasteiger partial charge in [0.05, 0.1) is 6.61 Å². The van der Waals surface area contributed by atoms with Gasteiger partial charge < -0.3 is 25.0 Å². The zero-order valence-electron chi connectivity index (χ0n) is 15.5. The molecule has 2 rings (SSSR count). The minimum atomic E-state index is -0.00642. The number of ether oxygens (including phenoxy) is 2. The van der Waals surface area contributed by atoms with Crippen molar-refractivity contribution < 1.29 is 14.3 Å². The van der Waals surface area contributed by atoms with E-state index in [1.54, 1.807) is 19.0 Å². The first kappa shape index (κ1) is 22.4. The Balaban J connectivity index is 0.00000312. The van der Waals surface area contributed by atoms with E-state index in [0.717, 1.165) is 58.3 Å². The summed E-state index contributed by atoms with van der Waals surface area (Å²) < 4.78 is 11.0. The first-order valence-electron chi connectivity index (χ1n) is 9.03. The molecular weight excluding hydrogens is 435 g/mol. The number of hydrogen-bond acceptors (Lipinski definition) is 4. The topological polar surface area (TPSA) is 75.2 Å². The van der Waals surface area contributed by atoms with Crippen LogP contribution >= 0.6 is 24.0 Å². The molecule has 1 heterocycles. The van der Waals surface area contributed by atoms with E-state index in [1.165, 1.54) is 12.8 Å². The highest BCUT2D eigenvalue weighted by atomic mass is 127. The lowest BCUT2D eigenvalue weighted by atomic mass is 10.1. The van der Waals surface area contributed by atoms with E-state index in [-0.39, 0.29) is 36.4 Å². The molecule has 1 aliphatic carbocycles. The Kier molecular flexibility index (Phi) is 11.4. The molecule has 8 heteroatoms. The maximum Gasteiger partial charge on any atom is 0.243 e. The number of amides is 1. The van der Waals surface area contributed by atoms with Gasteiger partial charge in [-0.25, -0.2) is 4.99 Å². The van der Waals surface area contributed by atoms with Gasteiger partial charge >= 0.3 is 0 Å². The van der Waals surface area contributed by atoms with Gasteiger partial charge in [-0.05, 0) is 31.6 Å². The fraction of sp³-hybridized carbons (Fsp3) is 0.882. The lowest BCUT2D eigenvalue weighted by molar-refractivity contribution is -0.127. The summed E-state index contributed by atoms with van der Waals surface area (Å²) >= 11 is 0. The van der Waals surface area contributed by atoms with Crippen LogP contribution in [0.4, 0.5) is 0 Å². The van der Waals surface area contributed by atoms with Crippen molar-refractivity contribution in [3.05, 3.63) is 0 Å². The van der Waals surface area contributed by atoms with Crippen molar-refractivity contribution in [2.75, 3.05) is 60.2 Å². The van der Waals surface area contributed by atoms with Crippen LogP contribution in [0.25, 0.3) is 0 Å². The summed E-state index contributed by atoms with van der Waals surface area (Å²) in [6.45, 7) is 5.06. The van der Waals surface area contributed by atoms with Gasteiger partial charge in [-0.3, -0.25) is 4.79 Å². The van der Waals surface area contributed by atoms with Crippen molar-refractivity contribution in [2.24, 2.45) is 16.8 Å². The Morgan fingerprint density at radius 1 is 1.24 bits per heavy atom. The smallest absolute Gasteiger partial charge is 0.243 e. The van der Waals surface area contributed by atoms with Gasteiger partial charge in [-0.15, -0.1) is 24.0 Å². The lowest BCUT2D eigenvalue weighted by Gasteiger charge is -2.16. The number of hydrogen-bond donors (Lipinski definition) is 2. The number of carbonyl (C=O) groups excluding carboxylic acids is 1. The molecule has 2 fully saturated rings. The Hall–Kier alpha value is -0.610. The molecule has 0 radical (unpaired) electrons. The van der Waals surface area contributed by atoms with Crippen LogP contribution in [0.5, 0.6) is 0 Å². The van der Waals surface area contributed by atoms with E-state index < -0.39 is 0 Å². The molecule has 0 aromatic heterocycles. The van der Waals surface area contributed by atoms with Crippen molar-refractivity contribution in [1.29, 1.82) is 0 Å². The van der Waals surface area contributed by atoms with Crippen LogP contribution in [-0.4, -0.2) is 76.9 Å². The molecule has 0 aromatic carbocycles. The predicted molar refractivity (Wildman–Crippen MR) is 110 cm³/mol. The highest BCUT2D eigenvalue weighted by Gasteiger charge is 2.20. The third-order valence-corrected chi connectivity index (χ3v) is 4.26. The van der Waals surface area contributed by atoms with Gasteiger partial charge in [-0.2, -0.15) is 0 Å². The third kappa shape index (κ3) is 10.2. The van der Waals surface area contributed by atoms with Gasteiger partial charge in [0.25, 0.3) is 0 Å². The molecule has 0 aromatic rings. The molecule has 1 aliphatic heterocycles. The highest BCUT2D eigenvalue weighted by molar-refractivity contribution is 14.0. The summed E-state index contributed by atoms with van der Waals surface area (Å²) in [4.78, 5) is 17.7. The second-order valence-corrected chi connectivity index (χ2v) is 6.86. The van der Waals surface area contributed by atoms with Gasteiger partial charge in [0.1, 0.15) is 6.54 Å². The number of nitrogens with one attached hydrogen (secondary N) is 2. The van der Waals surface area contributed by atoms with E-state index >= 15 is 0 Å². The van der Waals surface area contributed by atoms with Gasteiger partial charge in [-0.1, -0.05) is 0 Å². The molecule has 2 N–H and O–H groups in total. The van der Waals surface area contributed by atoms with Gasteiger partial charge in [0.15, 0.2) is 5.96 Å². The molecule has 0 bridgehead atoms. The van der Waals surface area contributed by atoms with Crippen molar-refractivity contribution >= 4 is 35.8 Å². The Labute approximate surface area is 168 Å². The van der Waals surface area contributed by atoms with Crippen LogP contribution in [0, 0.1) is 11.8 Å². The average molecular weight is 468 g/mol. The zero-order chi connectivity index (χ0) is 17.2. The average Bonchev–Trinajstić information content (AvgIpc) is 3.24. The summed E-state index contributed by atoms with van der Waals surface area (Å²) in [6.07, 6.45) is 4.65. The molecule has 146 valence electrons. The van der Waals surface area contributed by atoms with E-state index in [0.29, 0.717) is 11.9 Å². The van der Waals surface area contributed by atoms with Crippen LogP contribution in [0.2, 0.25) is 0 Å². The molecule has 1 saturated carbocycles. The number of halogens is 1. The van der Waals surface area contributed by atoms with Crippen LogP contribution < -0.4 is 10.6 Å². The maximum absolute atomic E-state index is 11.7. The molecule has 1 unspecified atom stereocenters. The van der Waals surface area contributed by atoms with E-state index in [9.17, 15) is 4.79 Å². The van der Waals surface area contributed by atoms with Gasteiger partial charge in [0.2, 0.25) is 5.91 Å². The molecule has 1 saturated heterocycles. The molecular formula is C17H33IN4O3. The molecule has 1 amide bonds. The number of rotatable bonds is 10. The normalized spacial score (nSPS) is 20.1. The largest absolute Gasteiger partial charge is 0.381 e. The second-order valence-electron chi connectivity index (χ2n) is 6.86. The summed E-state index contributed by atoms with van der Waals surface area (Å²) in [5, 5.41) is 6.61.